The largest absolute Gasteiger partial charge is 0.451 e. The molecule has 3 amide bonds. The summed E-state index contributed by atoms with van der Waals surface area (Å²) in [5.74, 6) is -1.66. The summed E-state index contributed by atoms with van der Waals surface area (Å²) in [6.45, 7) is 1.58. The third-order valence-corrected chi connectivity index (χ3v) is 3.93. The fourth-order valence-corrected chi connectivity index (χ4v) is 2.46. The molecule has 0 heterocycles. The molecule has 0 unspecified atom stereocenters. The van der Waals surface area contributed by atoms with Gasteiger partial charge >= 0.3 is 12.0 Å². The highest BCUT2D eigenvalue weighted by molar-refractivity contribution is 5.87. The van der Waals surface area contributed by atoms with Gasteiger partial charge in [-0.05, 0) is 30.2 Å². The molecule has 28 heavy (non-hydrogen) atoms. The van der Waals surface area contributed by atoms with Crippen molar-refractivity contribution in [1.82, 2.24) is 10.6 Å². The second-order valence-electron chi connectivity index (χ2n) is 6.17. The summed E-state index contributed by atoms with van der Waals surface area (Å²) < 4.78 is 18.1. The zero-order valence-corrected chi connectivity index (χ0v) is 15.4. The lowest BCUT2D eigenvalue weighted by atomic mass is 10.1. The fourth-order valence-electron chi connectivity index (χ4n) is 2.46. The summed E-state index contributed by atoms with van der Waals surface area (Å²) in [6.07, 6.45) is -0.909. The maximum atomic E-state index is 12.9. The Hall–Kier alpha value is -3.42. The minimum atomic E-state index is -1.08. The molecule has 0 spiro atoms. The van der Waals surface area contributed by atoms with Crippen molar-refractivity contribution in [2.45, 2.75) is 32.0 Å². The standard InChI is InChI=1S/C20H22FN3O4/c1-13(18(25)23-12-15-7-9-16(21)10-8-15)28-19(26)17(24-20(22)27)11-14-5-3-2-4-6-14/h2-10,13,17H,11-12H2,1H3,(H,23,25)(H3,22,24,27)/t13-,17-/m0/s1. The van der Waals surface area contributed by atoms with E-state index in [4.69, 9.17) is 10.5 Å². The first kappa shape index (κ1) is 20.9. The molecule has 2 rings (SSSR count). The second-order valence-corrected chi connectivity index (χ2v) is 6.17. The Morgan fingerprint density at radius 2 is 1.68 bits per heavy atom. The molecular weight excluding hydrogens is 365 g/mol. The number of carbonyl (C=O) groups excluding carboxylic acids is 3. The molecule has 7 nitrogen and oxygen atoms in total. The number of nitrogens with one attached hydrogen (secondary N) is 2. The molecule has 8 heteroatoms. The number of primary amides is 1. The predicted molar refractivity (Wildman–Crippen MR) is 100 cm³/mol. The number of esters is 1. The van der Waals surface area contributed by atoms with Crippen LogP contribution in [0.4, 0.5) is 9.18 Å². The summed E-state index contributed by atoms with van der Waals surface area (Å²) in [5, 5.41) is 4.93. The number of halogens is 1. The van der Waals surface area contributed by atoms with Gasteiger partial charge in [-0.15, -0.1) is 0 Å². The van der Waals surface area contributed by atoms with Crippen LogP contribution >= 0.6 is 0 Å². The van der Waals surface area contributed by atoms with Gasteiger partial charge in [0.25, 0.3) is 5.91 Å². The number of rotatable bonds is 8. The van der Waals surface area contributed by atoms with Crippen LogP contribution < -0.4 is 16.4 Å². The van der Waals surface area contributed by atoms with Gasteiger partial charge < -0.3 is 21.1 Å². The quantitative estimate of drug-likeness (QED) is 0.598. The van der Waals surface area contributed by atoms with Crippen molar-refractivity contribution in [2.24, 2.45) is 5.73 Å². The molecule has 0 aliphatic heterocycles. The van der Waals surface area contributed by atoms with Crippen molar-refractivity contribution in [3.8, 4) is 0 Å². The van der Waals surface area contributed by atoms with E-state index in [0.717, 1.165) is 5.56 Å². The van der Waals surface area contributed by atoms with Gasteiger partial charge in [0.05, 0.1) is 0 Å². The lowest BCUT2D eigenvalue weighted by Gasteiger charge is -2.19. The first-order valence-corrected chi connectivity index (χ1v) is 8.67. The van der Waals surface area contributed by atoms with Crippen LogP contribution in [0.15, 0.2) is 54.6 Å². The van der Waals surface area contributed by atoms with Crippen molar-refractivity contribution < 1.29 is 23.5 Å². The molecule has 0 radical (unpaired) electrons. The zero-order chi connectivity index (χ0) is 20.5. The number of nitrogens with two attached hydrogens (primary N) is 1. The van der Waals surface area contributed by atoms with Crippen molar-refractivity contribution in [3.63, 3.8) is 0 Å². The van der Waals surface area contributed by atoms with Gasteiger partial charge in [-0.2, -0.15) is 0 Å². The van der Waals surface area contributed by atoms with E-state index in [9.17, 15) is 18.8 Å². The van der Waals surface area contributed by atoms with Crippen LogP contribution in [-0.4, -0.2) is 30.1 Å². The van der Waals surface area contributed by atoms with Crippen LogP contribution in [0.25, 0.3) is 0 Å². The molecule has 0 aromatic heterocycles. The Kier molecular flexibility index (Phi) is 7.50. The third-order valence-electron chi connectivity index (χ3n) is 3.93. The monoisotopic (exact) mass is 387 g/mol. The Morgan fingerprint density at radius 1 is 1.04 bits per heavy atom. The maximum absolute atomic E-state index is 12.9. The highest BCUT2D eigenvalue weighted by Gasteiger charge is 2.26. The van der Waals surface area contributed by atoms with E-state index in [0.29, 0.717) is 5.56 Å². The third kappa shape index (κ3) is 6.71. The van der Waals surface area contributed by atoms with Crippen LogP contribution in [0.3, 0.4) is 0 Å². The molecule has 0 saturated heterocycles. The van der Waals surface area contributed by atoms with E-state index in [1.807, 2.05) is 6.07 Å². The van der Waals surface area contributed by atoms with Crippen LogP contribution in [0.5, 0.6) is 0 Å². The predicted octanol–water partition coefficient (Wildman–Crippen LogP) is 1.65. The highest BCUT2D eigenvalue weighted by atomic mass is 19.1. The number of urea groups is 1. The Bertz CT molecular complexity index is 812. The summed E-state index contributed by atoms with van der Waals surface area (Å²) in [6, 6.07) is 12.8. The van der Waals surface area contributed by atoms with E-state index in [1.165, 1.54) is 19.1 Å². The Balaban J connectivity index is 1.91. The lowest BCUT2D eigenvalue weighted by Crippen LogP contribution is -2.47. The van der Waals surface area contributed by atoms with Gasteiger partial charge in [0.2, 0.25) is 0 Å². The van der Waals surface area contributed by atoms with Gasteiger partial charge in [-0.3, -0.25) is 4.79 Å². The molecule has 2 atom stereocenters. The van der Waals surface area contributed by atoms with Gasteiger partial charge in [0, 0.05) is 13.0 Å². The molecule has 0 aliphatic rings. The molecule has 0 aliphatic carbocycles. The van der Waals surface area contributed by atoms with Gasteiger partial charge in [-0.25, -0.2) is 14.0 Å². The van der Waals surface area contributed by atoms with Gasteiger partial charge in [-0.1, -0.05) is 42.5 Å². The maximum Gasteiger partial charge on any atom is 0.329 e. The molecule has 0 fully saturated rings. The number of ether oxygens (including phenoxy) is 1. The highest BCUT2D eigenvalue weighted by Crippen LogP contribution is 2.07. The minimum Gasteiger partial charge on any atom is -0.451 e. The molecule has 2 aromatic rings. The van der Waals surface area contributed by atoms with Crippen LogP contribution in [0.2, 0.25) is 0 Å². The summed E-state index contributed by atoms with van der Waals surface area (Å²) in [7, 11) is 0. The molecule has 148 valence electrons. The van der Waals surface area contributed by atoms with Crippen molar-refractivity contribution in [2.75, 3.05) is 0 Å². The minimum absolute atomic E-state index is 0.161. The Labute approximate surface area is 162 Å². The lowest BCUT2D eigenvalue weighted by molar-refractivity contribution is -0.156. The van der Waals surface area contributed by atoms with Crippen LogP contribution in [-0.2, 0) is 27.3 Å². The van der Waals surface area contributed by atoms with Crippen molar-refractivity contribution in [1.29, 1.82) is 0 Å². The topological polar surface area (TPSA) is 111 Å². The second kappa shape index (κ2) is 10.1. The van der Waals surface area contributed by atoms with E-state index in [1.54, 1.807) is 36.4 Å². The first-order chi connectivity index (χ1) is 13.3. The summed E-state index contributed by atoms with van der Waals surface area (Å²) in [4.78, 5) is 35.7. The number of hydrogen-bond acceptors (Lipinski definition) is 4. The van der Waals surface area contributed by atoms with E-state index in [2.05, 4.69) is 10.6 Å². The van der Waals surface area contributed by atoms with Gasteiger partial charge in [0.1, 0.15) is 11.9 Å². The number of amides is 3. The number of carbonyl (C=O) groups is 3. The number of benzene rings is 2. The molecule has 4 N–H and O–H groups in total. The molecule has 0 saturated carbocycles. The summed E-state index contributed by atoms with van der Waals surface area (Å²) in [5.41, 5.74) is 6.63. The van der Waals surface area contributed by atoms with Crippen LogP contribution in [0, 0.1) is 5.82 Å². The van der Waals surface area contributed by atoms with Crippen molar-refractivity contribution in [3.05, 3.63) is 71.5 Å². The molecule has 2 aromatic carbocycles. The molecule has 0 bridgehead atoms. The van der Waals surface area contributed by atoms with E-state index >= 15 is 0 Å². The van der Waals surface area contributed by atoms with E-state index < -0.39 is 30.1 Å². The van der Waals surface area contributed by atoms with Crippen LogP contribution in [0.1, 0.15) is 18.1 Å². The average Bonchev–Trinajstić information content (AvgIpc) is 2.67. The fraction of sp³-hybridized carbons (Fsp3) is 0.250. The Morgan fingerprint density at radius 3 is 2.29 bits per heavy atom. The first-order valence-electron chi connectivity index (χ1n) is 8.67. The smallest absolute Gasteiger partial charge is 0.329 e. The average molecular weight is 387 g/mol. The van der Waals surface area contributed by atoms with Gasteiger partial charge in [0.15, 0.2) is 6.10 Å². The molecular formula is C20H22FN3O4. The van der Waals surface area contributed by atoms with Crippen molar-refractivity contribution >= 4 is 17.9 Å². The number of hydrogen-bond donors (Lipinski definition) is 3. The zero-order valence-electron chi connectivity index (χ0n) is 15.4. The normalized spacial score (nSPS) is 12.5. The van der Waals surface area contributed by atoms with E-state index in [-0.39, 0.29) is 18.8 Å². The summed E-state index contributed by atoms with van der Waals surface area (Å²) >= 11 is 0. The SMILES string of the molecule is C[C@H](OC(=O)[C@H](Cc1ccccc1)NC(N)=O)C(=O)NCc1ccc(F)cc1.